The summed E-state index contributed by atoms with van der Waals surface area (Å²) in [4.78, 5) is 19.5. The molecule has 0 spiro atoms. The van der Waals surface area contributed by atoms with Crippen LogP contribution in [0, 0.1) is 0 Å². The molecule has 0 aromatic rings. The average Bonchev–Trinajstić information content (AvgIpc) is 1.65. The van der Waals surface area contributed by atoms with Crippen LogP contribution in [0.25, 0.3) is 0 Å². The van der Waals surface area contributed by atoms with Crippen molar-refractivity contribution < 1.29 is 67.5 Å². The summed E-state index contributed by atoms with van der Waals surface area (Å²) < 4.78 is 0. The van der Waals surface area contributed by atoms with Gasteiger partial charge >= 0.3 is 57.4 Å². The van der Waals surface area contributed by atoms with Crippen LogP contribution >= 0.6 is 0 Å². The van der Waals surface area contributed by atoms with Crippen LogP contribution in [0.2, 0.25) is 0 Å². The van der Waals surface area contributed by atoms with Gasteiger partial charge in [-0.3, -0.25) is 4.79 Å². The Morgan fingerprint density at radius 2 is 2.00 bits per heavy atom. The van der Waals surface area contributed by atoms with Crippen molar-refractivity contribution in [3.05, 3.63) is 0 Å². The predicted octanol–water partition coefficient (Wildman–Crippen LogP) is -2.83. The summed E-state index contributed by atoms with van der Waals surface area (Å²) in [6.07, 6.45) is 0.0787. The summed E-state index contributed by atoms with van der Waals surface area (Å²) in [5, 5.41) is 7.83. The molecule has 0 radical (unpaired) electrons. The fourth-order valence-corrected chi connectivity index (χ4v) is 0.151. The smallest absolute Gasteiger partial charge is 1.00 e. The molecule has 0 heterocycles. The van der Waals surface area contributed by atoms with E-state index in [2.05, 4.69) is 0 Å². The van der Waals surface area contributed by atoms with E-state index in [0.29, 0.717) is 0 Å². The first-order valence-electron chi connectivity index (χ1n) is 1.94. The molecule has 42 valence electrons. The van der Waals surface area contributed by atoms with Gasteiger partial charge in [-0.05, 0) is 0 Å². The monoisotopic (exact) mass is 142 g/mol. The van der Waals surface area contributed by atoms with E-state index < -0.39 is 11.8 Å². The number of carboxylic acids is 1. The minimum absolute atomic E-state index is 0. The van der Waals surface area contributed by atoms with Crippen molar-refractivity contribution in [2.45, 2.75) is 13.3 Å². The van der Waals surface area contributed by atoms with Crippen molar-refractivity contribution >= 4 is 11.8 Å². The minimum Gasteiger partial charge on any atom is -1.00 e. The van der Waals surface area contributed by atoms with Gasteiger partial charge in [0.05, 0.1) is 0 Å². The third-order valence-corrected chi connectivity index (χ3v) is 0.560. The van der Waals surface area contributed by atoms with Gasteiger partial charge in [0.15, 0.2) is 0 Å². The number of aliphatic carboxylic acids is 1. The maximum atomic E-state index is 9.91. The van der Waals surface area contributed by atoms with E-state index in [1.165, 1.54) is 6.92 Å². The summed E-state index contributed by atoms with van der Waals surface area (Å²) in [7, 11) is 0. The van der Waals surface area contributed by atoms with Crippen molar-refractivity contribution in [2.24, 2.45) is 0 Å². The summed E-state index contributed by atoms with van der Waals surface area (Å²) in [6.45, 7) is 1.51. The van der Waals surface area contributed by atoms with Crippen LogP contribution in [0.15, 0.2) is 0 Å². The zero-order chi connectivity index (χ0) is 5.86. The maximum absolute atomic E-state index is 9.91. The molecule has 0 saturated heterocycles. The molecule has 0 aliphatic rings. The zero-order valence-electron chi connectivity index (χ0n) is 5.97. The Bertz CT molecular complexity index is 104. The van der Waals surface area contributed by atoms with Gasteiger partial charge in [-0.2, -0.15) is 0 Å². The molecule has 0 aliphatic carbocycles. The number of hydrogen-bond donors (Lipinski definition) is 1. The second kappa shape index (κ2) is 5.90. The second-order valence-corrected chi connectivity index (χ2v) is 1.08. The van der Waals surface area contributed by atoms with Gasteiger partial charge in [0.25, 0.3) is 0 Å². The Balaban J connectivity index is -0.000000180. The van der Waals surface area contributed by atoms with Gasteiger partial charge in [0, 0.05) is 6.42 Å². The standard InChI is InChI=1S/C4H6O3.K.H/c1-2-3(5)4(6)7;;/h2H2,1H3,(H,6,7);;/q;+1;-1. The van der Waals surface area contributed by atoms with Crippen LogP contribution in [0.4, 0.5) is 0 Å². The molecule has 0 fully saturated rings. The number of hydrogen-bond acceptors (Lipinski definition) is 2. The number of ketones is 1. The zero-order valence-corrected chi connectivity index (χ0v) is 8.09. The molecule has 0 bridgehead atoms. The number of carbonyl (C=O) groups excluding carboxylic acids is 1. The fourth-order valence-electron chi connectivity index (χ4n) is 0.151. The van der Waals surface area contributed by atoms with E-state index in [1.54, 1.807) is 0 Å². The van der Waals surface area contributed by atoms with Gasteiger partial charge in [-0.15, -0.1) is 0 Å². The Kier molecular flexibility index (Phi) is 8.53. The first kappa shape index (κ1) is 11.6. The summed E-state index contributed by atoms with van der Waals surface area (Å²) in [6, 6.07) is 0. The molecule has 0 aromatic carbocycles. The van der Waals surface area contributed by atoms with Crippen molar-refractivity contribution in [3.8, 4) is 0 Å². The van der Waals surface area contributed by atoms with Crippen LogP contribution in [0.1, 0.15) is 14.8 Å². The van der Waals surface area contributed by atoms with Crippen molar-refractivity contribution in [1.29, 1.82) is 0 Å². The maximum Gasteiger partial charge on any atom is 1.00 e. The fraction of sp³-hybridized carbons (Fsp3) is 0.500. The molecule has 0 amide bonds. The first-order chi connectivity index (χ1) is 3.18. The van der Waals surface area contributed by atoms with Gasteiger partial charge in [-0.25, -0.2) is 4.79 Å². The molecule has 3 nitrogen and oxygen atoms in total. The topological polar surface area (TPSA) is 54.4 Å². The quantitative estimate of drug-likeness (QED) is 0.334. The average molecular weight is 142 g/mol. The first-order valence-corrected chi connectivity index (χ1v) is 1.94. The van der Waals surface area contributed by atoms with E-state index in [4.69, 9.17) is 5.11 Å². The molecular weight excluding hydrogens is 135 g/mol. The Morgan fingerprint density at radius 1 is 1.62 bits per heavy atom. The van der Waals surface area contributed by atoms with Crippen molar-refractivity contribution in [2.75, 3.05) is 0 Å². The summed E-state index contributed by atoms with van der Waals surface area (Å²) in [5.41, 5.74) is 0. The van der Waals surface area contributed by atoms with Crippen LogP contribution in [0.5, 0.6) is 0 Å². The molecule has 8 heavy (non-hydrogen) atoms. The van der Waals surface area contributed by atoms with E-state index in [1.807, 2.05) is 0 Å². The van der Waals surface area contributed by atoms with Crippen LogP contribution < -0.4 is 51.4 Å². The van der Waals surface area contributed by atoms with E-state index in [-0.39, 0.29) is 59.2 Å². The van der Waals surface area contributed by atoms with Crippen molar-refractivity contribution in [3.63, 3.8) is 0 Å². The molecule has 1 N–H and O–H groups in total. The van der Waals surface area contributed by atoms with Gasteiger partial charge in [-0.1, -0.05) is 6.92 Å². The molecule has 0 rings (SSSR count). The number of Topliss-reactive ketones (excluding diaryl/α,β-unsaturated/α-hetero) is 1. The summed E-state index contributed by atoms with van der Waals surface area (Å²) in [5.74, 6) is -2.08. The van der Waals surface area contributed by atoms with Gasteiger partial charge < -0.3 is 6.53 Å². The predicted molar refractivity (Wildman–Crippen MR) is 24.0 cm³/mol. The number of rotatable bonds is 2. The number of carboxylic acid groups (broad SMARTS) is 1. The molecule has 0 saturated carbocycles. The Morgan fingerprint density at radius 3 is 2.00 bits per heavy atom. The SMILES string of the molecule is CCC(=O)C(=O)O.[H-].[K+]. The second-order valence-electron chi connectivity index (χ2n) is 1.08. The normalized spacial score (nSPS) is 7.12. The Hall–Kier alpha value is 0.776. The molecule has 0 unspecified atom stereocenters. The molecule has 0 aliphatic heterocycles. The largest absolute Gasteiger partial charge is 1.00 e. The third kappa shape index (κ3) is 4.92. The van der Waals surface area contributed by atoms with Gasteiger partial charge in [0.1, 0.15) is 0 Å². The Labute approximate surface area is 91.4 Å². The van der Waals surface area contributed by atoms with Crippen molar-refractivity contribution in [1.82, 2.24) is 0 Å². The van der Waals surface area contributed by atoms with Crippen LogP contribution in [0.3, 0.4) is 0 Å². The number of carbonyl (C=O) groups is 2. The molecular formula is C4H7KO3. The van der Waals surface area contributed by atoms with Gasteiger partial charge in [0.2, 0.25) is 5.78 Å². The minimum atomic E-state index is -1.34. The van der Waals surface area contributed by atoms with Crippen LogP contribution in [-0.2, 0) is 9.59 Å². The third-order valence-electron chi connectivity index (χ3n) is 0.560. The van der Waals surface area contributed by atoms with Crippen LogP contribution in [-0.4, -0.2) is 16.9 Å². The molecule has 4 heteroatoms. The van der Waals surface area contributed by atoms with E-state index in [0.717, 1.165) is 0 Å². The molecule has 0 atom stereocenters. The van der Waals surface area contributed by atoms with E-state index in [9.17, 15) is 9.59 Å². The molecule has 0 aromatic heterocycles. The van der Waals surface area contributed by atoms with E-state index >= 15 is 0 Å². The summed E-state index contributed by atoms with van der Waals surface area (Å²) >= 11 is 0.